The zero-order valence-electron chi connectivity index (χ0n) is 20.5. The molecular weight excluding hydrogens is 552 g/mol. The zero-order chi connectivity index (χ0) is 27.3. The molecule has 0 bridgehead atoms. The molecule has 0 unspecified atom stereocenters. The Morgan fingerprint density at radius 1 is 1.21 bits per heavy atom. The lowest BCUT2D eigenvalue weighted by Crippen LogP contribution is -2.55. The second kappa shape index (κ2) is 12.2. The van der Waals surface area contributed by atoms with Gasteiger partial charge in [0.05, 0.1) is 22.4 Å². The minimum absolute atomic E-state index is 0.0950. The zero-order valence-corrected chi connectivity index (χ0v) is 22.9. The van der Waals surface area contributed by atoms with Crippen molar-refractivity contribution in [1.82, 2.24) is 19.9 Å². The first-order chi connectivity index (χ1) is 18.2. The summed E-state index contributed by atoms with van der Waals surface area (Å²) in [5.74, 6) is -0.894. The Kier molecular flexibility index (Phi) is 9.00. The fourth-order valence-corrected chi connectivity index (χ4v) is 6.48. The number of aliphatic hydroxyl groups excluding tert-OH is 1. The summed E-state index contributed by atoms with van der Waals surface area (Å²) >= 11 is 6.99. The van der Waals surface area contributed by atoms with Crippen LogP contribution in [0.2, 0.25) is 4.34 Å². The Morgan fingerprint density at radius 3 is 2.61 bits per heavy atom. The highest BCUT2D eigenvalue weighted by atomic mass is 35.5. The summed E-state index contributed by atoms with van der Waals surface area (Å²) in [5.41, 5.74) is 1.17. The van der Waals surface area contributed by atoms with Crippen LogP contribution in [0.15, 0.2) is 59.8 Å². The van der Waals surface area contributed by atoms with Crippen LogP contribution in [0, 0.1) is 0 Å². The number of thiophene rings is 1. The van der Waals surface area contributed by atoms with Crippen LogP contribution in [0.3, 0.4) is 0 Å². The van der Waals surface area contributed by atoms with Crippen LogP contribution in [-0.2, 0) is 14.8 Å². The number of hydrogen-bond acceptors (Lipinski definition) is 8. The Morgan fingerprint density at radius 2 is 1.97 bits per heavy atom. The Labute approximate surface area is 229 Å². The molecule has 3 heterocycles. The van der Waals surface area contributed by atoms with E-state index in [9.17, 15) is 23.1 Å². The van der Waals surface area contributed by atoms with Crippen molar-refractivity contribution in [3.63, 3.8) is 0 Å². The van der Waals surface area contributed by atoms with Gasteiger partial charge in [0.15, 0.2) is 0 Å². The highest BCUT2D eigenvalue weighted by molar-refractivity contribution is 7.89. The smallest absolute Gasteiger partial charge is 0.261 e. The molecule has 0 radical (unpaired) electrons. The van der Waals surface area contributed by atoms with Gasteiger partial charge in [0.1, 0.15) is 16.7 Å². The number of aromatic nitrogens is 1. The van der Waals surface area contributed by atoms with Crippen LogP contribution < -0.4 is 14.8 Å². The van der Waals surface area contributed by atoms with Gasteiger partial charge in [-0.15, -0.1) is 11.3 Å². The molecule has 1 aromatic carbocycles. The first kappa shape index (κ1) is 28.0. The lowest BCUT2D eigenvalue weighted by Gasteiger charge is -2.32. The van der Waals surface area contributed by atoms with Gasteiger partial charge in [-0.2, -0.15) is 4.72 Å². The third kappa shape index (κ3) is 6.51. The van der Waals surface area contributed by atoms with Crippen LogP contribution in [-0.4, -0.2) is 74.1 Å². The molecule has 38 heavy (non-hydrogen) atoms. The average Bonchev–Trinajstić information content (AvgIpc) is 3.37. The van der Waals surface area contributed by atoms with E-state index in [2.05, 4.69) is 15.0 Å². The number of nitrogens with zero attached hydrogens (tertiary/aromatic N) is 2. The monoisotopic (exact) mass is 578 g/mol. The molecule has 0 aliphatic carbocycles. The molecule has 13 heteroatoms. The molecule has 1 atom stereocenters. The van der Waals surface area contributed by atoms with Gasteiger partial charge in [-0.1, -0.05) is 29.8 Å². The van der Waals surface area contributed by atoms with Gasteiger partial charge in [0.25, 0.3) is 5.91 Å². The Balaban J connectivity index is 1.62. The van der Waals surface area contributed by atoms with Crippen molar-refractivity contribution in [1.29, 1.82) is 0 Å². The fraction of sp³-hybridized carbons (Fsp3) is 0.320. The summed E-state index contributed by atoms with van der Waals surface area (Å²) in [6.07, 6.45) is 3.44. The topological polar surface area (TPSA) is 138 Å². The number of rotatable bonds is 9. The minimum Gasteiger partial charge on any atom is -0.495 e. The van der Waals surface area contributed by atoms with Gasteiger partial charge in [-0.05, 0) is 37.1 Å². The number of para-hydroxylation sites is 1. The molecule has 10 nitrogen and oxygen atoms in total. The summed E-state index contributed by atoms with van der Waals surface area (Å²) in [6, 6.07) is 9.98. The van der Waals surface area contributed by atoms with Crippen LogP contribution >= 0.6 is 22.9 Å². The van der Waals surface area contributed by atoms with Gasteiger partial charge in [0, 0.05) is 43.2 Å². The second-order valence-corrected chi connectivity index (χ2v) is 12.0. The van der Waals surface area contributed by atoms with Gasteiger partial charge in [-0.25, -0.2) is 8.42 Å². The predicted octanol–water partition coefficient (Wildman–Crippen LogP) is 2.53. The highest BCUT2D eigenvalue weighted by Crippen LogP contribution is 2.35. The molecule has 1 aliphatic rings. The van der Waals surface area contributed by atoms with Gasteiger partial charge in [0.2, 0.25) is 15.9 Å². The summed E-state index contributed by atoms with van der Waals surface area (Å²) < 4.78 is 35.6. The molecule has 1 saturated heterocycles. The third-order valence-electron chi connectivity index (χ3n) is 6.08. The number of ether oxygens (including phenoxy) is 1. The minimum atomic E-state index is -4.30. The number of benzene rings is 1. The molecule has 2 amide bonds. The normalized spacial score (nSPS) is 15.2. The van der Waals surface area contributed by atoms with Gasteiger partial charge < -0.3 is 20.1 Å². The van der Waals surface area contributed by atoms with E-state index >= 15 is 0 Å². The van der Waals surface area contributed by atoms with Crippen LogP contribution in [0.25, 0.3) is 11.1 Å². The summed E-state index contributed by atoms with van der Waals surface area (Å²) in [5, 5.41) is 12.5. The number of carbonyl (C=O) groups excluding carboxylic acids is 2. The largest absolute Gasteiger partial charge is 0.495 e. The van der Waals surface area contributed by atoms with E-state index in [1.54, 1.807) is 48.8 Å². The van der Waals surface area contributed by atoms with E-state index in [-0.39, 0.29) is 30.3 Å². The van der Waals surface area contributed by atoms with Gasteiger partial charge >= 0.3 is 0 Å². The summed E-state index contributed by atoms with van der Waals surface area (Å²) in [6.45, 7) is 0.245. The third-order valence-corrected chi connectivity index (χ3v) is 8.81. The van der Waals surface area contributed by atoms with E-state index < -0.39 is 34.0 Å². The first-order valence-electron chi connectivity index (χ1n) is 11.8. The Hall–Kier alpha value is -3.03. The molecule has 202 valence electrons. The SMILES string of the molecule is COc1c(-c2cccnc2)cccc1S(=O)(=O)N[C@@H](CNC(=O)c1ccc(Cl)s1)C(=O)N1CCC(O)CC1. The first-order valence-corrected chi connectivity index (χ1v) is 14.5. The van der Waals surface area contributed by atoms with E-state index in [1.165, 1.54) is 18.1 Å². The van der Waals surface area contributed by atoms with Crippen molar-refractivity contribution in [3.8, 4) is 16.9 Å². The molecule has 4 rings (SSSR count). The van der Waals surface area contributed by atoms with Crippen molar-refractivity contribution in [2.75, 3.05) is 26.7 Å². The number of carbonyl (C=O) groups is 2. The number of methoxy groups -OCH3 is 1. The van der Waals surface area contributed by atoms with E-state index in [0.717, 1.165) is 11.3 Å². The lowest BCUT2D eigenvalue weighted by molar-refractivity contribution is -0.134. The number of sulfonamides is 1. The van der Waals surface area contributed by atoms with Crippen molar-refractivity contribution < 1.29 is 27.9 Å². The number of likely N-dealkylation sites (tertiary alicyclic amines) is 1. The maximum Gasteiger partial charge on any atom is 0.261 e. The fourth-order valence-electron chi connectivity index (χ4n) is 4.14. The lowest BCUT2D eigenvalue weighted by atomic mass is 10.1. The quantitative estimate of drug-likeness (QED) is 0.355. The maximum absolute atomic E-state index is 13.6. The molecule has 1 aliphatic heterocycles. The predicted molar refractivity (Wildman–Crippen MR) is 144 cm³/mol. The van der Waals surface area contributed by atoms with E-state index in [1.807, 2.05) is 0 Å². The molecule has 1 fully saturated rings. The number of pyridine rings is 1. The number of nitrogens with one attached hydrogen (secondary N) is 2. The molecule has 3 N–H and O–H groups in total. The number of piperidine rings is 1. The second-order valence-electron chi connectivity index (χ2n) is 8.62. The van der Waals surface area contributed by atoms with Crippen LogP contribution in [0.4, 0.5) is 0 Å². The number of aliphatic hydroxyl groups is 1. The number of hydrogen-bond donors (Lipinski definition) is 3. The summed E-state index contributed by atoms with van der Waals surface area (Å²) in [4.78, 5) is 31.8. The molecule has 2 aromatic heterocycles. The van der Waals surface area contributed by atoms with Crippen molar-refractivity contribution >= 4 is 44.8 Å². The number of amides is 2. The van der Waals surface area contributed by atoms with E-state index in [4.69, 9.17) is 16.3 Å². The van der Waals surface area contributed by atoms with Crippen molar-refractivity contribution in [2.24, 2.45) is 0 Å². The van der Waals surface area contributed by atoms with Crippen LogP contribution in [0.5, 0.6) is 5.75 Å². The standard InChI is InChI=1S/C25H27ClN4O6S2/c1-36-23-18(16-4-3-11-27-14-16)5-2-6-21(23)38(34,35)29-19(25(33)30-12-9-17(31)10-13-30)15-28-24(32)20-7-8-22(26)37-20/h2-8,11,14,17,19,29,31H,9-10,12-13,15H2,1H3,(H,28,32)/t19-/m0/s1. The highest BCUT2D eigenvalue weighted by Gasteiger charge is 2.33. The molecule has 3 aromatic rings. The van der Waals surface area contributed by atoms with Gasteiger partial charge in [-0.3, -0.25) is 14.6 Å². The summed E-state index contributed by atoms with van der Waals surface area (Å²) in [7, 11) is -2.93. The van der Waals surface area contributed by atoms with Crippen molar-refractivity contribution in [3.05, 3.63) is 64.1 Å². The molecular formula is C25H27ClN4O6S2. The van der Waals surface area contributed by atoms with Crippen LogP contribution in [0.1, 0.15) is 22.5 Å². The average molecular weight is 579 g/mol. The Bertz CT molecular complexity index is 1390. The molecule has 0 spiro atoms. The maximum atomic E-state index is 13.6. The van der Waals surface area contributed by atoms with E-state index in [0.29, 0.717) is 33.2 Å². The molecule has 0 saturated carbocycles. The van der Waals surface area contributed by atoms with Crippen molar-refractivity contribution in [2.45, 2.75) is 29.9 Å². The number of halogens is 1.